The van der Waals surface area contributed by atoms with Crippen LogP contribution in [0.15, 0.2) is 11.6 Å². The van der Waals surface area contributed by atoms with Gasteiger partial charge in [0.2, 0.25) is 0 Å². The van der Waals surface area contributed by atoms with Crippen LogP contribution in [-0.2, 0) is 4.79 Å². The highest BCUT2D eigenvalue weighted by Crippen LogP contribution is 2.65. The van der Waals surface area contributed by atoms with E-state index in [2.05, 4.69) is 13.8 Å². The van der Waals surface area contributed by atoms with E-state index in [-0.39, 0.29) is 10.8 Å². The lowest BCUT2D eigenvalue weighted by molar-refractivity contribution is -0.118. The van der Waals surface area contributed by atoms with Crippen molar-refractivity contribution in [2.45, 2.75) is 71.0 Å². The normalized spacial score (nSPS) is 54.3. The monoisotopic (exact) mass is 304 g/mol. The van der Waals surface area contributed by atoms with Crippen LogP contribution in [0.25, 0.3) is 0 Å². The van der Waals surface area contributed by atoms with Crippen molar-refractivity contribution in [2.75, 3.05) is 0 Å². The molecule has 3 nitrogen and oxygen atoms in total. The van der Waals surface area contributed by atoms with E-state index >= 15 is 0 Å². The summed E-state index contributed by atoms with van der Waals surface area (Å²) < 4.78 is 0. The largest absolute Gasteiger partial charge is 0.390 e. The molecule has 2 N–H and O–H groups in total. The number of carbonyl (C=O) groups is 1. The quantitative estimate of drug-likeness (QED) is 0.723. The van der Waals surface area contributed by atoms with Crippen molar-refractivity contribution in [2.24, 2.45) is 28.6 Å². The molecule has 3 heteroatoms. The van der Waals surface area contributed by atoms with E-state index in [1.54, 1.807) is 0 Å². The van der Waals surface area contributed by atoms with Crippen molar-refractivity contribution in [1.82, 2.24) is 0 Å². The predicted octanol–water partition coefficient (Wildman–Crippen LogP) is 2.85. The van der Waals surface area contributed by atoms with Crippen molar-refractivity contribution in [3.8, 4) is 0 Å². The highest BCUT2D eigenvalue weighted by Gasteiger charge is 2.60. The summed E-state index contributed by atoms with van der Waals surface area (Å²) in [6, 6.07) is 0. The number of hydrogen-bond acceptors (Lipinski definition) is 3. The Hall–Kier alpha value is -0.670. The Bertz CT molecular complexity index is 539. The second-order valence-electron chi connectivity index (χ2n) is 8.76. The minimum atomic E-state index is -0.559. The average molecular weight is 304 g/mol. The molecule has 0 unspecified atom stereocenters. The fourth-order valence-electron chi connectivity index (χ4n) is 6.55. The standard InChI is InChI=1S/C19H28O3/c1-18-7-5-12(20)9-11(18)3-4-13-14(18)6-8-19(2)15(13)10-16(21)17(19)22/h9,13-17,21-22H,3-8,10H2,1-2H3/t13-,14-,15+,16-,17+,18-,19+/m1/s1. The Morgan fingerprint density at radius 1 is 1.09 bits per heavy atom. The van der Waals surface area contributed by atoms with Crippen LogP contribution in [0, 0.1) is 28.6 Å². The lowest BCUT2D eigenvalue weighted by atomic mass is 9.47. The number of allylic oxidation sites excluding steroid dienone is 1. The number of fused-ring (bicyclic) bond motifs is 5. The Morgan fingerprint density at radius 3 is 2.64 bits per heavy atom. The second kappa shape index (κ2) is 4.67. The van der Waals surface area contributed by atoms with Crippen LogP contribution >= 0.6 is 0 Å². The third-order valence-electron chi connectivity index (χ3n) is 7.94. The van der Waals surface area contributed by atoms with Crippen molar-refractivity contribution >= 4 is 5.78 Å². The molecule has 4 aliphatic rings. The van der Waals surface area contributed by atoms with Gasteiger partial charge in [-0.1, -0.05) is 19.4 Å². The van der Waals surface area contributed by atoms with Crippen LogP contribution in [0.1, 0.15) is 58.8 Å². The number of carbonyl (C=O) groups excluding carboxylic acids is 1. The van der Waals surface area contributed by atoms with Crippen LogP contribution in [0.2, 0.25) is 0 Å². The van der Waals surface area contributed by atoms with E-state index in [0.717, 1.165) is 38.5 Å². The maximum absolute atomic E-state index is 11.8. The Kier molecular flexibility index (Phi) is 3.16. The Morgan fingerprint density at radius 2 is 1.86 bits per heavy atom. The zero-order valence-electron chi connectivity index (χ0n) is 13.7. The predicted molar refractivity (Wildman–Crippen MR) is 84.1 cm³/mol. The maximum atomic E-state index is 11.8. The first-order chi connectivity index (χ1) is 10.4. The lowest BCUT2D eigenvalue weighted by Gasteiger charge is -2.57. The summed E-state index contributed by atoms with van der Waals surface area (Å²) in [5, 5.41) is 20.7. The molecule has 0 bridgehead atoms. The number of rotatable bonds is 0. The molecule has 3 saturated carbocycles. The van der Waals surface area contributed by atoms with E-state index in [1.165, 1.54) is 5.57 Å². The van der Waals surface area contributed by atoms with Gasteiger partial charge < -0.3 is 10.2 Å². The fraction of sp³-hybridized carbons (Fsp3) is 0.842. The van der Waals surface area contributed by atoms with Gasteiger partial charge in [0.15, 0.2) is 5.78 Å². The molecule has 0 aromatic heterocycles. The smallest absolute Gasteiger partial charge is 0.155 e. The molecule has 4 rings (SSSR count). The summed E-state index contributed by atoms with van der Waals surface area (Å²) in [5.74, 6) is 1.96. The highest BCUT2D eigenvalue weighted by atomic mass is 16.3. The van der Waals surface area contributed by atoms with Crippen molar-refractivity contribution < 1.29 is 15.0 Å². The van der Waals surface area contributed by atoms with Gasteiger partial charge in [-0.25, -0.2) is 0 Å². The van der Waals surface area contributed by atoms with E-state index in [9.17, 15) is 15.0 Å². The number of aliphatic hydroxyl groups excluding tert-OH is 2. The summed E-state index contributed by atoms with van der Waals surface area (Å²) in [6.07, 6.45) is 7.56. The molecule has 0 aromatic carbocycles. The fourth-order valence-corrected chi connectivity index (χ4v) is 6.55. The van der Waals surface area contributed by atoms with Gasteiger partial charge in [-0.3, -0.25) is 4.79 Å². The molecule has 0 aliphatic heterocycles. The lowest BCUT2D eigenvalue weighted by Crippen LogP contribution is -2.51. The van der Waals surface area contributed by atoms with Gasteiger partial charge >= 0.3 is 0 Å². The first-order valence-electron chi connectivity index (χ1n) is 8.96. The molecule has 0 saturated heterocycles. The van der Waals surface area contributed by atoms with E-state index in [1.807, 2.05) is 6.08 Å². The maximum Gasteiger partial charge on any atom is 0.155 e. The molecule has 0 amide bonds. The Labute approximate surface area is 132 Å². The van der Waals surface area contributed by atoms with Gasteiger partial charge in [-0.2, -0.15) is 0 Å². The van der Waals surface area contributed by atoms with E-state index in [4.69, 9.17) is 0 Å². The number of aliphatic hydroxyl groups is 2. The van der Waals surface area contributed by atoms with Crippen LogP contribution in [0.4, 0.5) is 0 Å². The van der Waals surface area contributed by atoms with E-state index in [0.29, 0.717) is 30.0 Å². The van der Waals surface area contributed by atoms with Gasteiger partial charge in [-0.15, -0.1) is 0 Å². The molecule has 0 aromatic rings. The van der Waals surface area contributed by atoms with Crippen LogP contribution in [-0.4, -0.2) is 28.2 Å². The van der Waals surface area contributed by atoms with Gasteiger partial charge in [0.25, 0.3) is 0 Å². The molecular weight excluding hydrogens is 276 g/mol. The van der Waals surface area contributed by atoms with Gasteiger partial charge in [-0.05, 0) is 73.2 Å². The molecule has 122 valence electrons. The zero-order valence-corrected chi connectivity index (χ0v) is 13.7. The molecule has 3 fully saturated rings. The molecule has 7 atom stereocenters. The molecule has 0 spiro atoms. The van der Waals surface area contributed by atoms with Crippen molar-refractivity contribution in [3.63, 3.8) is 0 Å². The molecule has 0 heterocycles. The van der Waals surface area contributed by atoms with Crippen molar-refractivity contribution in [3.05, 3.63) is 11.6 Å². The molecule has 22 heavy (non-hydrogen) atoms. The Balaban J connectivity index is 1.69. The third-order valence-corrected chi connectivity index (χ3v) is 7.94. The first-order valence-corrected chi connectivity index (χ1v) is 8.96. The van der Waals surface area contributed by atoms with Crippen LogP contribution in [0.3, 0.4) is 0 Å². The number of hydrogen-bond donors (Lipinski definition) is 2. The summed E-state index contributed by atoms with van der Waals surface area (Å²) >= 11 is 0. The summed E-state index contributed by atoms with van der Waals surface area (Å²) in [6.45, 7) is 4.55. The zero-order chi connectivity index (χ0) is 15.7. The number of ketones is 1. The molecule has 4 aliphatic carbocycles. The van der Waals surface area contributed by atoms with E-state index < -0.39 is 12.2 Å². The first kappa shape index (κ1) is 14.9. The summed E-state index contributed by atoms with van der Waals surface area (Å²) in [5.41, 5.74) is 1.45. The van der Waals surface area contributed by atoms with Crippen LogP contribution in [0.5, 0.6) is 0 Å². The van der Waals surface area contributed by atoms with Gasteiger partial charge in [0.1, 0.15) is 0 Å². The minimum Gasteiger partial charge on any atom is -0.390 e. The van der Waals surface area contributed by atoms with Gasteiger partial charge in [0, 0.05) is 6.42 Å². The summed E-state index contributed by atoms with van der Waals surface area (Å²) in [7, 11) is 0. The van der Waals surface area contributed by atoms with Gasteiger partial charge in [0.05, 0.1) is 12.2 Å². The average Bonchev–Trinajstić information content (AvgIpc) is 2.72. The van der Waals surface area contributed by atoms with Crippen LogP contribution < -0.4 is 0 Å². The SMILES string of the molecule is C[C@]12CC[C@@H]3[C@@H](CCC4=CC(=O)CC[C@]43C)[C@@H]1C[C@@H](O)[C@@H]2O. The summed E-state index contributed by atoms with van der Waals surface area (Å²) in [4.78, 5) is 11.8. The molecule has 0 radical (unpaired) electrons. The third kappa shape index (κ3) is 1.78. The van der Waals surface area contributed by atoms with Crippen molar-refractivity contribution in [1.29, 1.82) is 0 Å². The minimum absolute atomic E-state index is 0.108. The highest BCUT2D eigenvalue weighted by molar-refractivity contribution is 5.91. The molecular formula is C19H28O3. The second-order valence-corrected chi connectivity index (χ2v) is 8.76. The topological polar surface area (TPSA) is 57.5 Å².